The van der Waals surface area contributed by atoms with Gasteiger partial charge in [0.05, 0.1) is 14.4 Å². The molecular formula is C10H11BrN2O4S3. The van der Waals surface area contributed by atoms with Crippen molar-refractivity contribution in [1.29, 1.82) is 0 Å². The zero-order valence-electron chi connectivity index (χ0n) is 10.4. The van der Waals surface area contributed by atoms with Crippen molar-refractivity contribution < 1.29 is 18.0 Å². The molecule has 0 radical (unpaired) electrons. The SMILES string of the molecule is Cc1sc(Br)cc1S(=O)(=O)NCCN1C(=O)CSC1=O. The Labute approximate surface area is 133 Å². The topological polar surface area (TPSA) is 83.6 Å². The Morgan fingerprint density at radius 2 is 2.15 bits per heavy atom. The van der Waals surface area contributed by atoms with Gasteiger partial charge in [-0.15, -0.1) is 11.3 Å². The van der Waals surface area contributed by atoms with Crippen molar-refractivity contribution in [3.8, 4) is 0 Å². The maximum atomic E-state index is 12.1. The molecule has 0 aliphatic carbocycles. The quantitative estimate of drug-likeness (QED) is 0.816. The number of carbonyl (C=O) groups excluding carboxylic acids is 2. The van der Waals surface area contributed by atoms with Gasteiger partial charge in [-0.1, -0.05) is 11.8 Å². The summed E-state index contributed by atoms with van der Waals surface area (Å²) in [5.41, 5.74) is 0. The largest absolute Gasteiger partial charge is 0.288 e. The molecule has 0 saturated carbocycles. The molecule has 0 aromatic carbocycles. The van der Waals surface area contributed by atoms with Gasteiger partial charge in [0.1, 0.15) is 0 Å². The lowest BCUT2D eigenvalue weighted by Gasteiger charge is -2.13. The van der Waals surface area contributed by atoms with E-state index in [1.165, 1.54) is 17.4 Å². The summed E-state index contributed by atoms with van der Waals surface area (Å²) in [6.45, 7) is 1.77. The summed E-state index contributed by atoms with van der Waals surface area (Å²) in [6.07, 6.45) is 0. The summed E-state index contributed by atoms with van der Waals surface area (Å²) in [4.78, 5) is 24.7. The van der Waals surface area contributed by atoms with E-state index >= 15 is 0 Å². The Balaban J connectivity index is 1.98. The Morgan fingerprint density at radius 3 is 2.65 bits per heavy atom. The zero-order chi connectivity index (χ0) is 14.9. The van der Waals surface area contributed by atoms with Crippen LogP contribution < -0.4 is 4.72 Å². The van der Waals surface area contributed by atoms with E-state index in [9.17, 15) is 18.0 Å². The molecule has 1 aliphatic heterocycles. The standard InChI is InChI=1S/C10H11BrN2O4S3/c1-6-7(4-8(11)19-6)20(16,17)12-2-3-13-9(14)5-18-10(13)15/h4,12H,2-3,5H2,1H3. The van der Waals surface area contributed by atoms with Crippen LogP contribution >= 0.6 is 39.0 Å². The third-order valence-electron chi connectivity index (χ3n) is 2.60. The van der Waals surface area contributed by atoms with E-state index in [1.807, 2.05) is 0 Å². The highest BCUT2D eigenvalue weighted by atomic mass is 79.9. The van der Waals surface area contributed by atoms with Gasteiger partial charge in [0, 0.05) is 18.0 Å². The Hall–Kier alpha value is -0.420. The van der Waals surface area contributed by atoms with Crippen molar-refractivity contribution in [1.82, 2.24) is 9.62 Å². The van der Waals surface area contributed by atoms with Gasteiger partial charge >= 0.3 is 0 Å². The maximum Gasteiger partial charge on any atom is 0.288 e. The predicted octanol–water partition coefficient (Wildman–Crippen LogP) is 1.79. The summed E-state index contributed by atoms with van der Waals surface area (Å²) in [7, 11) is -3.62. The highest BCUT2D eigenvalue weighted by Gasteiger charge is 2.29. The van der Waals surface area contributed by atoms with Crippen molar-refractivity contribution in [2.24, 2.45) is 0 Å². The first kappa shape index (κ1) is 16.0. The highest BCUT2D eigenvalue weighted by Crippen LogP contribution is 2.29. The number of thiophene rings is 1. The van der Waals surface area contributed by atoms with E-state index in [0.717, 1.165) is 20.4 Å². The predicted molar refractivity (Wildman–Crippen MR) is 81.5 cm³/mol. The first-order chi connectivity index (χ1) is 9.31. The van der Waals surface area contributed by atoms with Crippen LogP contribution in [0.5, 0.6) is 0 Å². The third-order valence-corrected chi connectivity index (χ3v) is 6.73. The Morgan fingerprint density at radius 1 is 1.45 bits per heavy atom. The van der Waals surface area contributed by atoms with E-state index in [0.29, 0.717) is 4.88 Å². The molecule has 20 heavy (non-hydrogen) atoms. The minimum atomic E-state index is -3.62. The maximum absolute atomic E-state index is 12.1. The molecule has 1 fully saturated rings. The molecule has 2 amide bonds. The molecule has 110 valence electrons. The number of aryl methyl sites for hydroxylation is 1. The van der Waals surface area contributed by atoms with E-state index in [-0.39, 0.29) is 34.9 Å². The second-order valence-corrected chi connectivity index (χ2v) is 9.27. The second-order valence-electron chi connectivity index (χ2n) is 3.97. The van der Waals surface area contributed by atoms with E-state index in [2.05, 4.69) is 20.7 Å². The lowest BCUT2D eigenvalue weighted by Crippen LogP contribution is -2.37. The first-order valence-electron chi connectivity index (χ1n) is 5.54. The van der Waals surface area contributed by atoms with Crippen LogP contribution in [0.2, 0.25) is 0 Å². The van der Waals surface area contributed by atoms with Gasteiger partial charge in [-0.3, -0.25) is 14.5 Å². The van der Waals surface area contributed by atoms with Gasteiger partial charge in [0.2, 0.25) is 15.9 Å². The molecule has 2 rings (SSSR count). The number of hydrogen-bond acceptors (Lipinski definition) is 6. The van der Waals surface area contributed by atoms with Crippen LogP contribution in [0.15, 0.2) is 14.7 Å². The Kier molecular flexibility index (Phi) is 4.90. The number of nitrogens with zero attached hydrogens (tertiary/aromatic N) is 1. The normalized spacial score (nSPS) is 16.2. The molecule has 0 spiro atoms. The number of imide groups is 1. The number of nitrogens with one attached hydrogen (secondary N) is 1. The molecular weight excluding hydrogens is 388 g/mol. The van der Waals surface area contributed by atoms with Crippen LogP contribution in [0.4, 0.5) is 4.79 Å². The van der Waals surface area contributed by atoms with Gasteiger partial charge in [0.25, 0.3) is 5.24 Å². The van der Waals surface area contributed by atoms with E-state index in [4.69, 9.17) is 0 Å². The van der Waals surface area contributed by atoms with Crippen LogP contribution in [0.3, 0.4) is 0 Å². The summed E-state index contributed by atoms with van der Waals surface area (Å²) >= 11 is 5.50. The number of carbonyl (C=O) groups is 2. The molecule has 1 aromatic heterocycles. The van der Waals surface area contributed by atoms with Crippen molar-refractivity contribution in [2.75, 3.05) is 18.8 Å². The second kappa shape index (κ2) is 6.14. The number of sulfonamides is 1. The van der Waals surface area contributed by atoms with Crippen molar-refractivity contribution >= 4 is 60.2 Å². The van der Waals surface area contributed by atoms with Crippen LogP contribution in [0.1, 0.15) is 4.88 Å². The van der Waals surface area contributed by atoms with Crippen LogP contribution in [0, 0.1) is 6.92 Å². The van der Waals surface area contributed by atoms with Gasteiger partial charge < -0.3 is 0 Å². The van der Waals surface area contributed by atoms with Crippen molar-refractivity contribution in [3.05, 3.63) is 14.7 Å². The monoisotopic (exact) mass is 398 g/mol. The number of thioether (sulfide) groups is 1. The smallest absolute Gasteiger partial charge is 0.273 e. The van der Waals surface area contributed by atoms with E-state index < -0.39 is 10.0 Å². The fourth-order valence-corrected chi connectivity index (χ4v) is 5.85. The molecule has 6 nitrogen and oxygen atoms in total. The number of amides is 2. The Bertz CT molecular complexity index is 639. The molecule has 0 atom stereocenters. The van der Waals surface area contributed by atoms with Crippen molar-refractivity contribution in [3.63, 3.8) is 0 Å². The number of halogens is 1. The lowest BCUT2D eigenvalue weighted by atomic mass is 10.5. The lowest BCUT2D eigenvalue weighted by molar-refractivity contribution is -0.124. The molecule has 1 saturated heterocycles. The average Bonchev–Trinajstić information content (AvgIpc) is 2.85. The van der Waals surface area contributed by atoms with Gasteiger partial charge in [-0.05, 0) is 28.9 Å². The van der Waals surface area contributed by atoms with Crippen molar-refractivity contribution in [2.45, 2.75) is 11.8 Å². The minimum Gasteiger partial charge on any atom is -0.273 e. The van der Waals surface area contributed by atoms with Crippen LogP contribution in [0.25, 0.3) is 0 Å². The fraction of sp³-hybridized carbons (Fsp3) is 0.400. The molecule has 10 heteroatoms. The zero-order valence-corrected chi connectivity index (χ0v) is 14.4. The molecule has 1 aromatic rings. The van der Waals surface area contributed by atoms with Gasteiger partial charge in [0.15, 0.2) is 0 Å². The van der Waals surface area contributed by atoms with Crippen LogP contribution in [-0.4, -0.2) is 43.3 Å². The molecule has 1 aliphatic rings. The first-order valence-corrected chi connectivity index (χ1v) is 9.62. The third kappa shape index (κ3) is 3.42. The molecule has 1 N–H and O–H groups in total. The summed E-state index contributed by atoms with van der Waals surface area (Å²) in [5, 5.41) is -0.330. The highest BCUT2D eigenvalue weighted by molar-refractivity contribution is 9.11. The fourth-order valence-electron chi connectivity index (χ4n) is 1.66. The van der Waals surface area contributed by atoms with Gasteiger partial charge in [-0.25, -0.2) is 13.1 Å². The van der Waals surface area contributed by atoms with Gasteiger partial charge in [-0.2, -0.15) is 0 Å². The summed E-state index contributed by atoms with van der Waals surface area (Å²) in [5.74, 6) is -0.156. The summed E-state index contributed by atoms with van der Waals surface area (Å²) in [6, 6.07) is 1.53. The number of rotatable bonds is 5. The van der Waals surface area contributed by atoms with E-state index in [1.54, 1.807) is 6.92 Å². The minimum absolute atomic E-state index is 0.00722. The molecule has 0 unspecified atom stereocenters. The average molecular weight is 399 g/mol. The number of hydrogen-bond donors (Lipinski definition) is 1. The summed E-state index contributed by atoms with van der Waals surface area (Å²) < 4.78 is 27.3. The molecule has 0 bridgehead atoms. The van der Waals surface area contributed by atoms with Crippen LogP contribution in [-0.2, 0) is 14.8 Å². The molecule has 2 heterocycles.